The number of nitrogens with one attached hydrogen (secondary N) is 1. The lowest BCUT2D eigenvalue weighted by Gasteiger charge is -2.15. The maximum atomic E-state index is 12.1. The molecule has 5 rings (SSSR count). The maximum absolute atomic E-state index is 12.1. The summed E-state index contributed by atoms with van der Waals surface area (Å²) in [6.07, 6.45) is 3.66. The molecule has 0 unspecified atom stereocenters. The quantitative estimate of drug-likeness (QED) is 0.450. The van der Waals surface area contributed by atoms with Crippen molar-refractivity contribution in [1.29, 1.82) is 0 Å². The van der Waals surface area contributed by atoms with Gasteiger partial charge in [-0.05, 0) is 43.2 Å². The second kappa shape index (κ2) is 8.38. The number of hydrogen-bond acceptors (Lipinski definition) is 6. The molecule has 4 heterocycles. The molecule has 0 bridgehead atoms. The van der Waals surface area contributed by atoms with Crippen LogP contribution >= 0.6 is 0 Å². The van der Waals surface area contributed by atoms with Crippen molar-refractivity contribution in [2.24, 2.45) is 0 Å². The van der Waals surface area contributed by atoms with E-state index >= 15 is 0 Å². The Morgan fingerprint density at radius 3 is 2.82 bits per heavy atom. The van der Waals surface area contributed by atoms with E-state index in [9.17, 15) is 4.79 Å². The van der Waals surface area contributed by atoms with Crippen molar-refractivity contribution in [3.63, 3.8) is 0 Å². The number of fused-ring (bicyclic) bond motifs is 1. The van der Waals surface area contributed by atoms with Gasteiger partial charge in [-0.15, -0.1) is 0 Å². The van der Waals surface area contributed by atoms with Crippen molar-refractivity contribution in [1.82, 2.24) is 24.8 Å². The van der Waals surface area contributed by atoms with Crippen LogP contribution in [-0.2, 0) is 4.79 Å². The number of carbonyl (C=O) groups is 1. The minimum atomic E-state index is -0.0549. The summed E-state index contributed by atoms with van der Waals surface area (Å²) in [4.78, 5) is 30.4. The highest BCUT2D eigenvalue weighted by Crippen LogP contribution is 2.41. The van der Waals surface area contributed by atoms with Crippen LogP contribution in [0.2, 0.25) is 0 Å². The predicted molar refractivity (Wildman–Crippen MR) is 127 cm³/mol. The normalized spacial score (nSPS) is 15.7. The van der Waals surface area contributed by atoms with Crippen molar-refractivity contribution in [2.45, 2.75) is 19.3 Å². The Morgan fingerprint density at radius 1 is 1.24 bits per heavy atom. The molecule has 1 aliphatic rings. The highest BCUT2D eigenvalue weighted by atomic mass is 16.5. The molecule has 8 nitrogen and oxygen atoms in total. The van der Waals surface area contributed by atoms with Gasteiger partial charge in [0.2, 0.25) is 11.8 Å². The van der Waals surface area contributed by atoms with Gasteiger partial charge in [0, 0.05) is 42.0 Å². The van der Waals surface area contributed by atoms with Crippen molar-refractivity contribution >= 4 is 22.8 Å². The van der Waals surface area contributed by atoms with Crippen molar-refractivity contribution in [2.75, 3.05) is 18.8 Å². The average molecular weight is 441 g/mol. The smallest absolute Gasteiger partial charge is 0.245 e. The SMILES string of the molecule is C=CC(=O)N1CC[C@H](c2[nH]c3ncnc(N)c3c2-c2ccc(Oc3cccc(C)n3)cc2)C1. The van der Waals surface area contributed by atoms with Crippen LogP contribution in [-0.4, -0.2) is 43.8 Å². The predicted octanol–water partition coefficient (Wildman–Crippen LogP) is 4.20. The number of nitrogens with two attached hydrogens (primary N) is 1. The molecule has 1 amide bonds. The van der Waals surface area contributed by atoms with E-state index in [-0.39, 0.29) is 11.8 Å². The minimum absolute atomic E-state index is 0.0549. The van der Waals surface area contributed by atoms with Crippen LogP contribution in [0.25, 0.3) is 22.2 Å². The summed E-state index contributed by atoms with van der Waals surface area (Å²) in [5.74, 6) is 1.72. The second-order valence-corrected chi connectivity index (χ2v) is 8.11. The Labute approximate surface area is 191 Å². The fourth-order valence-electron chi connectivity index (χ4n) is 4.38. The van der Waals surface area contributed by atoms with E-state index in [4.69, 9.17) is 10.5 Å². The van der Waals surface area contributed by atoms with Gasteiger partial charge in [-0.1, -0.05) is 24.8 Å². The van der Waals surface area contributed by atoms with Crippen LogP contribution in [0.5, 0.6) is 11.6 Å². The number of likely N-dealkylation sites (tertiary alicyclic amines) is 1. The fourth-order valence-corrected chi connectivity index (χ4v) is 4.38. The molecule has 4 aromatic rings. The lowest BCUT2D eigenvalue weighted by Crippen LogP contribution is -2.26. The number of hydrogen-bond donors (Lipinski definition) is 2. The summed E-state index contributed by atoms with van der Waals surface area (Å²) in [7, 11) is 0. The lowest BCUT2D eigenvalue weighted by molar-refractivity contribution is -0.125. The van der Waals surface area contributed by atoms with Gasteiger partial charge >= 0.3 is 0 Å². The zero-order valence-corrected chi connectivity index (χ0v) is 18.3. The van der Waals surface area contributed by atoms with Gasteiger partial charge in [0.25, 0.3) is 0 Å². The number of benzene rings is 1. The molecule has 0 saturated carbocycles. The van der Waals surface area contributed by atoms with Crippen LogP contribution in [0.1, 0.15) is 23.7 Å². The molecular weight excluding hydrogens is 416 g/mol. The van der Waals surface area contributed by atoms with Crippen molar-refractivity contribution < 1.29 is 9.53 Å². The first-order valence-corrected chi connectivity index (χ1v) is 10.8. The van der Waals surface area contributed by atoms with E-state index in [1.54, 1.807) is 0 Å². The first-order chi connectivity index (χ1) is 16.0. The van der Waals surface area contributed by atoms with E-state index in [0.29, 0.717) is 36.2 Å². The average Bonchev–Trinajstić information content (AvgIpc) is 3.45. The van der Waals surface area contributed by atoms with Gasteiger partial charge in [0.05, 0.1) is 5.39 Å². The number of amides is 1. The number of aromatic amines is 1. The summed E-state index contributed by atoms with van der Waals surface area (Å²) in [6, 6.07) is 13.5. The van der Waals surface area contributed by atoms with Crippen LogP contribution < -0.4 is 10.5 Å². The summed E-state index contributed by atoms with van der Waals surface area (Å²) in [6.45, 7) is 6.82. The van der Waals surface area contributed by atoms with Crippen molar-refractivity contribution in [3.8, 4) is 22.8 Å². The lowest BCUT2D eigenvalue weighted by atomic mass is 9.95. The number of ether oxygens (including phenoxy) is 1. The molecular formula is C25H24N6O2. The molecule has 3 aromatic heterocycles. The number of carbonyl (C=O) groups excluding carboxylic acids is 1. The third-order valence-electron chi connectivity index (χ3n) is 5.96. The molecule has 3 N–H and O–H groups in total. The number of pyridine rings is 1. The molecule has 0 radical (unpaired) electrons. The maximum Gasteiger partial charge on any atom is 0.245 e. The van der Waals surface area contributed by atoms with E-state index < -0.39 is 0 Å². The Morgan fingerprint density at radius 2 is 2.06 bits per heavy atom. The molecule has 1 aromatic carbocycles. The van der Waals surface area contributed by atoms with E-state index in [1.807, 2.05) is 54.3 Å². The van der Waals surface area contributed by atoms with Gasteiger partial charge in [0.1, 0.15) is 23.5 Å². The van der Waals surface area contributed by atoms with Gasteiger partial charge in [-0.25, -0.2) is 15.0 Å². The monoisotopic (exact) mass is 440 g/mol. The zero-order chi connectivity index (χ0) is 22.9. The van der Waals surface area contributed by atoms with Crippen LogP contribution in [0.3, 0.4) is 0 Å². The molecule has 1 fully saturated rings. The Bertz CT molecular complexity index is 1350. The summed E-state index contributed by atoms with van der Waals surface area (Å²) < 4.78 is 5.90. The largest absolute Gasteiger partial charge is 0.439 e. The highest BCUT2D eigenvalue weighted by molar-refractivity contribution is 6.02. The zero-order valence-electron chi connectivity index (χ0n) is 18.3. The van der Waals surface area contributed by atoms with Gasteiger partial charge in [-0.2, -0.15) is 0 Å². The molecule has 166 valence electrons. The highest BCUT2D eigenvalue weighted by Gasteiger charge is 2.31. The van der Waals surface area contributed by atoms with Gasteiger partial charge in [-0.3, -0.25) is 4.79 Å². The molecule has 33 heavy (non-hydrogen) atoms. The summed E-state index contributed by atoms with van der Waals surface area (Å²) in [5, 5.41) is 0.787. The summed E-state index contributed by atoms with van der Waals surface area (Å²) >= 11 is 0. The molecule has 0 aliphatic carbocycles. The number of nitrogens with zero attached hydrogens (tertiary/aromatic N) is 4. The summed E-state index contributed by atoms with van der Waals surface area (Å²) in [5.41, 5.74) is 10.8. The van der Waals surface area contributed by atoms with Crippen LogP contribution in [0, 0.1) is 6.92 Å². The third-order valence-corrected chi connectivity index (χ3v) is 5.96. The Balaban J connectivity index is 1.52. The van der Waals surface area contributed by atoms with Crippen LogP contribution in [0.4, 0.5) is 5.82 Å². The van der Waals surface area contributed by atoms with E-state index in [0.717, 1.165) is 34.3 Å². The Kier molecular flexibility index (Phi) is 5.26. The van der Waals surface area contributed by atoms with Crippen LogP contribution in [0.15, 0.2) is 61.4 Å². The van der Waals surface area contributed by atoms with Crippen molar-refractivity contribution in [3.05, 3.63) is 72.8 Å². The topological polar surface area (TPSA) is 110 Å². The minimum Gasteiger partial charge on any atom is -0.439 e. The first kappa shape index (κ1) is 20.7. The second-order valence-electron chi connectivity index (χ2n) is 8.11. The first-order valence-electron chi connectivity index (χ1n) is 10.8. The number of H-pyrrole nitrogens is 1. The Hall–Kier alpha value is -4.20. The molecule has 8 heteroatoms. The van der Waals surface area contributed by atoms with Gasteiger partial charge in [0.15, 0.2) is 0 Å². The number of aromatic nitrogens is 4. The van der Waals surface area contributed by atoms with E-state index in [2.05, 4.69) is 26.5 Å². The molecule has 1 atom stereocenters. The number of nitrogen functional groups attached to an aromatic ring is 1. The number of rotatable bonds is 5. The molecule has 0 spiro atoms. The standard InChI is InChI=1S/C25H24N6O2/c1-3-20(32)31-12-11-17(13-31)23-21(22-24(26)27-14-28-25(22)30-23)16-7-9-18(10-8-16)33-19-6-4-5-15(2)29-19/h3-10,14,17H,1,11-13H2,2H3,(H3,26,27,28,30)/t17-/m0/s1. The third kappa shape index (κ3) is 3.91. The number of aryl methyl sites for hydroxylation is 1. The van der Waals surface area contributed by atoms with E-state index in [1.165, 1.54) is 12.4 Å². The fraction of sp³-hybridized carbons (Fsp3) is 0.200. The van der Waals surface area contributed by atoms with Gasteiger partial charge < -0.3 is 20.4 Å². The number of anilines is 1. The molecule has 1 saturated heterocycles. The molecule has 1 aliphatic heterocycles.